The van der Waals surface area contributed by atoms with Gasteiger partial charge in [-0.2, -0.15) is 8.78 Å². The quantitative estimate of drug-likeness (QED) is 0.401. The Morgan fingerprint density at radius 1 is 1.13 bits per heavy atom. The van der Waals surface area contributed by atoms with Gasteiger partial charge in [-0.3, -0.25) is 9.00 Å². The Balaban J connectivity index is 1.43. The molecule has 23 heavy (non-hydrogen) atoms. The summed E-state index contributed by atoms with van der Waals surface area (Å²) in [6, 6.07) is 0. The summed E-state index contributed by atoms with van der Waals surface area (Å²) in [6.07, 6.45) is 6.06. The van der Waals surface area contributed by atoms with E-state index in [1.54, 1.807) is 0 Å². The van der Waals surface area contributed by atoms with E-state index in [9.17, 15) is 22.3 Å². The molecule has 4 saturated carbocycles. The van der Waals surface area contributed by atoms with E-state index in [0.29, 0.717) is 17.8 Å². The zero-order valence-corrected chi connectivity index (χ0v) is 13.9. The minimum absolute atomic E-state index is 0.0230. The summed E-state index contributed by atoms with van der Waals surface area (Å²) in [5.41, 5.74) is -0.324. The molecule has 0 N–H and O–H groups in total. The summed E-state index contributed by atoms with van der Waals surface area (Å²) < 4.78 is 51.8. The van der Waals surface area contributed by atoms with Crippen LogP contribution in [-0.2, 0) is 20.6 Å². The summed E-state index contributed by atoms with van der Waals surface area (Å²) in [4.78, 5) is 12.5. The van der Waals surface area contributed by atoms with Crippen molar-refractivity contribution in [2.24, 2.45) is 23.2 Å². The normalized spacial score (nSPS) is 36.9. The fourth-order valence-corrected chi connectivity index (χ4v) is 5.51. The number of hydrogen-bond acceptors (Lipinski definition) is 4. The van der Waals surface area contributed by atoms with Gasteiger partial charge < -0.3 is 9.29 Å². The molecule has 1 atom stereocenters. The molecule has 0 radical (unpaired) electrons. The van der Waals surface area contributed by atoms with E-state index in [2.05, 4.69) is 0 Å². The molecular formula is C16H23F2O4S-. The van der Waals surface area contributed by atoms with Gasteiger partial charge in [0.1, 0.15) is 0 Å². The predicted octanol–water partition coefficient (Wildman–Crippen LogP) is 3.39. The molecule has 0 saturated heterocycles. The van der Waals surface area contributed by atoms with Crippen LogP contribution in [0.25, 0.3) is 0 Å². The summed E-state index contributed by atoms with van der Waals surface area (Å²) in [6.45, 7) is 0.0994. The van der Waals surface area contributed by atoms with E-state index in [1.165, 1.54) is 19.3 Å². The molecule has 0 aromatic carbocycles. The number of halogens is 2. The average molecular weight is 349 g/mol. The van der Waals surface area contributed by atoms with Crippen LogP contribution in [0.15, 0.2) is 0 Å². The molecule has 0 amide bonds. The van der Waals surface area contributed by atoms with Gasteiger partial charge in [0, 0.05) is 17.5 Å². The molecule has 0 aliphatic heterocycles. The number of carbonyl (C=O) groups is 1. The molecule has 4 aliphatic rings. The van der Waals surface area contributed by atoms with Gasteiger partial charge in [-0.1, -0.05) is 0 Å². The number of esters is 1. The summed E-state index contributed by atoms with van der Waals surface area (Å²) in [5.74, 6) is 1.80. The van der Waals surface area contributed by atoms with Crippen molar-refractivity contribution >= 4 is 17.0 Å². The number of carbonyl (C=O) groups excluding carboxylic acids is 1. The van der Waals surface area contributed by atoms with Crippen molar-refractivity contribution in [3.63, 3.8) is 0 Å². The van der Waals surface area contributed by atoms with Gasteiger partial charge in [0.15, 0.2) is 0 Å². The van der Waals surface area contributed by atoms with Gasteiger partial charge in [-0.05, 0) is 69.1 Å². The minimum Gasteiger partial charge on any atom is -0.768 e. The van der Waals surface area contributed by atoms with Crippen LogP contribution in [0.3, 0.4) is 0 Å². The lowest BCUT2D eigenvalue weighted by molar-refractivity contribution is -0.171. The molecule has 4 rings (SSSR count). The summed E-state index contributed by atoms with van der Waals surface area (Å²) >= 11 is -3.39. The molecular weight excluding hydrogens is 326 g/mol. The van der Waals surface area contributed by atoms with Crippen LogP contribution < -0.4 is 0 Å². The lowest BCUT2D eigenvalue weighted by Gasteiger charge is -2.55. The van der Waals surface area contributed by atoms with E-state index in [0.717, 1.165) is 19.3 Å². The van der Waals surface area contributed by atoms with Crippen LogP contribution in [0.2, 0.25) is 0 Å². The lowest BCUT2D eigenvalue weighted by Crippen LogP contribution is -2.50. The Kier molecular flexibility index (Phi) is 4.80. The largest absolute Gasteiger partial charge is 0.768 e. The van der Waals surface area contributed by atoms with E-state index in [-0.39, 0.29) is 30.8 Å². The SMILES string of the molecule is O=C(OCCCCC(F)(F)S(=O)[O-])C12CC3CC(CC(C3)C1)C2. The van der Waals surface area contributed by atoms with Crippen molar-refractivity contribution in [3.05, 3.63) is 0 Å². The highest BCUT2D eigenvalue weighted by Crippen LogP contribution is 2.60. The topological polar surface area (TPSA) is 66.4 Å². The molecule has 4 aliphatic carbocycles. The summed E-state index contributed by atoms with van der Waals surface area (Å²) in [7, 11) is 0. The van der Waals surface area contributed by atoms with Gasteiger partial charge in [0.05, 0.1) is 12.0 Å². The number of unbranched alkanes of at least 4 members (excludes halogenated alkanes) is 1. The van der Waals surface area contributed by atoms with Crippen molar-refractivity contribution in [2.45, 2.75) is 63.0 Å². The number of ether oxygens (including phenoxy) is 1. The van der Waals surface area contributed by atoms with Crippen molar-refractivity contribution in [3.8, 4) is 0 Å². The Labute approximate surface area is 137 Å². The Morgan fingerprint density at radius 3 is 2.13 bits per heavy atom. The highest BCUT2D eigenvalue weighted by molar-refractivity contribution is 7.80. The predicted molar refractivity (Wildman–Crippen MR) is 79.3 cm³/mol. The van der Waals surface area contributed by atoms with Crippen LogP contribution in [0.4, 0.5) is 8.78 Å². The first kappa shape index (κ1) is 17.3. The first-order valence-corrected chi connectivity index (χ1v) is 9.53. The molecule has 1 unspecified atom stereocenters. The van der Waals surface area contributed by atoms with Crippen LogP contribution in [0, 0.1) is 23.2 Å². The second-order valence-corrected chi connectivity index (χ2v) is 8.73. The van der Waals surface area contributed by atoms with Crippen LogP contribution in [-0.4, -0.2) is 26.6 Å². The van der Waals surface area contributed by atoms with Gasteiger partial charge in [-0.25, -0.2) is 0 Å². The third kappa shape index (κ3) is 3.60. The zero-order valence-electron chi connectivity index (χ0n) is 13.1. The summed E-state index contributed by atoms with van der Waals surface area (Å²) in [5, 5.41) is -3.69. The standard InChI is InChI=1S/C16H24F2O4S/c17-16(18,23(20)21)3-1-2-4-22-14(19)15-8-11-5-12(9-15)7-13(6-11)10-15/h11-13H,1-10H2,(H,20,21)/p-1. The first-order valence-electron chi connectivity index (χ1n) is 8.45. The highest BCUT2D eigenvalue weighted by atomic mass is 32.2. The van der Waals surface area contributed by atoms with E-state index < -0.39 is 22.8 Å². The lowest BCUT2D eigenvalue weighted by atomic mass is 9.49. The average Bonchev–Trinajstić information content (AvgIpc) is 2.45. The monoisotopic (exact) mass is 349 g/mol. The molecule has 7 heteroatoms. The van der Waals surface area contributed by atoms with Crippen molar-refractivity contribution in [1.29, 1.82) is 0 Å². The van der Waals surface area contributed by atoms with E-state index >= 15 is 0 Å². The zero-order chi connectivity index (χ0) is 16.7. The molecule has 4 nitrogen and oxygen atoms in total. The number of alkyl halides is 2. The maximum atomic E-state index is 12.9. The molecule has 0 heterocycles. The Bertz CT molecular complexity index is 459. The van der Waals surface area contributed by atoms with Crippen molar-refractivity contribution in [1.82, 2.24) is 0 Å². The van der Waals surface area contributed by atoms with Gasteiger partial charge in [0.2, 0.25) is 0 Å². The fourth-order valence-electron chi connectivity index (χ4n) is 5.19. The van der Waals surface area contributed by atoms with E-state index in [1.807, 2.05) is 0 Å². The second-order valence-electron chi connectivity index (χ2n) is 7.66. The van der Waals surface area contributed by atoms with Crippen molar-refractivity contribution in [2.75, 3.05) is 6.61 Å². The third-order valence-corrected chi connectivity index (χ3v) is 6.50. The molecule has 4 bridgehead atoms. The molecule has 0 aromatic rings. The van der Waals surface area contributed by atoms with Gasteiger partial charge >= 0.3 is 11.2 Å². The van der Waals surface area contributed by atoms with E-state index in [4.69, 9.17) is 4.74 Å². The molecule has 0 spiro atoms. The van der Waals surface area contributed by atoms with Gasteiger partial charge in [-0.15, -0.1) is 0 Å². The number of rotatable bonds is 7. The van der Waals surface area contributed by atoms with Crippen molar-refractivity contribution < 1.29 is 27.1 Å². The number of hydrogen-bond donors (Lipinski definition) is 0. The molecule has 4 fully saturated rings. The smallest absolute Gasteiger partial charge is 0.312 e. The maximum absolute atomic E-state index is 12.9. The molecule has 0 aromatic heterocycles. The van der Waals surface area contributed by atoms with Gasteiger partial charge in [0.25, 0.3) is 0 Å². The third-order valence-electron chi connectivity index (χ3n) is 5.81. The fraction of sp³-hybridized carbons (Fsp3) is 0.938. The van der Waals surface area contributed by atoms with Crippen LogP contribution in [0.5, 0.6) is 0 Å². The maximum Gasteiger partial charge on any atom is 0.312 e. The Hall–Kier alpha value is -0.560. The van der Waals surface area contributed by atoms with Crippen LogP contribution in [0.1, 0.15) is 57.8 Å². The first-order chi connectivity index (χ1) is 10.8. The second kappa shape index (κ2) is 6.39. The van der Waals surface area contributed by atoms with Crippen LogP contribution >= 0.6 is 0 Å². The highest BCUT2D eigenvalue weighted by Gasteiger charge is 2.55. The Morgan fingerprint density at radius 2 is 1.65 bits per heavy atom. The minimum atomic E-state index is -3.69. The molecule has 132 valence electrons.